The predicted molar refractivity (Wildman–Crippen MR) is 89.7 cm³/mol. The van der Waals surface area contributed by atoms with Crippen molar-refractivity contribution in [2.75, 3.05) is 32.2 Å². The Morgan fingerprint density at radius 1 is 1.29 bits per heavy atom. The van der Waals surface area contributed by atoms with Gasteiger partial charge in [-0.15, -0.1) is 0 Å². The summed E-state index contributed by atoms with van der Waals surface area (Å²) in [5.41, 5.74) is 3.55. The fourth-order valence-corrected chi connectivity index (χ4v) is 3.14. The molecule has 0 unspecified atom stereocenters. The SMILES string of the molecule is COCCNCc1sc(N(C)c2ccccc2C)nc1C. The van der Waals surface area contributed by atoms with Gasteiger partial charge in [0.05, 0.1) is 12.3 Å². The summed E-state index contributed by atoms with van der Waals surface area (Å²) in [6, 6.07) is 8.37. The summed E-state index contributed by atoms with van der Waals surface area (Å²) in [4.78, 5) is 8.14. The first-order valence-electron chi connectivity index (χ1n) is 7.08. The number of methoxy groups -OCH3 is 1. The van der Waals surface area contributed by atoms with E-state index in [1.165, 1.54) is 16.1 Å². The van der Waals surface area contributed by atoms with E-state index in [0.29, 0.717) is 0 Å². The molecule has 5 heteroatoms. The smallest absolute Gasteiger partial charge is 0.190 e. The molecule has 0 radical (unpaired) electrons. The highest BCUT2D eigenvalue weighted by molar-refractivity contribution is 7.15. The number of nitrogens with one attached hydrogen (secondary N) is 1. The van der Waals surface area contributed by atoms with Gasteiger partial charge in [-0.2, -0.15) is 0 Å². The van der Waals surface area contributed by atoms with Gasteiger partial charge in [0.15, 0.2) is 5.13 Å². The van der Waals surface area contributed by atoms with Crippen LogP contribution in [0.5, 0.6) is 0 Å². The second kappa shape index (κ2) is 7.54. The lowest BCUT2D eigenvalue weighted by Crippen LogP contribution is -2.18. The Balaban J connectivity index is 2.09. The van der Waals surface area contributed by atoms with Crippen LogP contribution in [0, 0.1) is 13.8 Å². The lowest BCUT2D eigenvalue weighted by atomic mass is 10.2. The van der Waals surface area contributed by atoms with Crippen molar-refractivity contribution in [1.82, 2.24) is 10.3 Å². The van der Waals surface area contributed by atoms with Crippen molar-refractivity contribution in [3.63, 3.8) is 0 Å². The molecule has 1 aromatic carbocycles. The van der Waals surface area contributed by atoms with Gasteiger partial charge in [-0.3, -0.25) is 0 Å². The third kappa shape index (κ3) is 4.03. The molecule has 1 N–H and O–H groups in total. The topological polar surface area (TPSA) is 37.4 Å². The van der Waals surface area contributed by atoms with Crippen molar-refractivity contribution in [1.29, 1.82) is 0 Å². The van der Waals surface area contributed by atoms with Crippen LogP contribution in [-0.2, 0) is 11.3 Å². The predicted octanol–water partition coefficient (Wildman–Crippen LogP) is 3.26. The fraction of sp³-hybridized carbons (Fsp3) is 0.438. The van der Waals surface area contributed by atoms with Crippen LogP contribution in [0.1, 0.15) is 16.1 Å². The number of hydrogen-bond acceptors (Lipinski definition) is 5. The minimum absolute atomic E-state index is 0.730. The Labute approximate surface area is 130 Å². The molecule has 0 aliphatic rings. The van der Waals surface area contributed by atoms with Crippen molar-refractivity contribution in [3.8, 4) is 0 Å². The zero-order valence-corrected chi connectivity index (χ0v) is 14.0. The fourth-order valence-electron chi connectivity index (χ4n) is 2.14. The van der Waals surface area contributed by atoms with Crippen LogP contribution in [0.4, 0.5) is 10.8 Å². The maximum Gasteiger partial charge on any atom is 0.190 e. The Bertz CT molecular complexity index is 583. The van der Waals surface area contributed by atoms with Crippen molar-refractivity contribution in [3.05, 3.63) is 40.4 Å². The molecule has 21 heavy (non-hydrogen) atoms. The van der Waals surface area contributed by atoms with Gasteiger partial charge in [0.1, 0.15) is 0 Å². The average Bonchev–Trinajstić information content (AvgIpc) is 2.85. The number of hydrogen-bond donors (Lipinski definition) is 1. The van der Waals surface area contributed by atoms with Crippen LogP contribution in [0.2, 0.25) is 0 Å². The molecule has 0 saturated heterocycles. The Kier molecular flexibility index (Phi) is 5.73. The summed E-state index contributed by atoms with van der Waals surface area (Å²) in [5, 5.41) is 4.41. The number of rotatable bonds is 7. The van der Waals surface area contributed by atoms with Gasteiger partial charge in [0, 0.05) is 37.8 Å². The summed E-state index contributed by atoms with van der Waals surface area (Å²) >= 11 is 1.74. The minimum Gasteiger partial charge on any atom is -0.383 e. The minimum atomic E-state index is 0.730. The van der Waals surface area contributed by atoms with Gasteiger partial charge in [-0.05, 0) is 25.5 Å². The molecule has 1 aromatic heterocycles. The van der Waals surface area contributed by atoms with E-state index in [1.807, 2.05) is 0 Å². The van der Waals surface area contributed by atoms with Crippen LogP contribution in [0.15, 0.2) is 24.3 Å². The molecule has 2 rings (SSSR count). The first-order valence-corrected chi connectivity index (χ1v) is 7.90. The van der Waals surface area contributed by atoms with Crippen LogP contribution in [0.25, 0.3) is 0 Å². The van der Waals surface area contributed by atoms with E-state index in [1.54, 1.807) is 18.4 Å². The highest BCUT2D eigenvalue weighted by Crippen LogP contribution is 2.31. The Hall–Kier alpha value is -1.43. The largest absolute Gasteiger partial charge is 0.383 e. The molecule has 0 saturated carbocycles. The van der Waals surface area contributed by atoms with E-state index < -0.39 is 0 Å². The Morgan fingerprint density at radius 3 is 2.76 bits per heavy atom. The number of ether oxygens (including phenoxy) is 1. The first kappa shape index (κ1) is 15.9. The molecule has 0 fully saturated rings. The van der Waals surface area contributed by atoms with Gasteiger partial charge in [0.2, 0.25) is 0 Å². The molecular formula is C16H23N3OS. The van der Waals surface area contributed by atoms with E-state index in [9.17, 15) is 0 Å². The van der Waals surface area contributed by atoms with E-state index in [-0.39, 0.29) is 0 Å². The number of aryl methyl sites for hydroxylation is 2. The van der Waals surface area contributed by atoms with Crippen molar-refractivity contribution < 1.29 is 4.74 Å². The highest BCUT2D eigenvalue weighted by Gasteiger charge is 2.13. The monoisotopic (exact) mass is 305 g/mol. The van der Waals surface area contributed by atoms with Gasteiger partial charge < -0.3 is 15.0 Å². The van der Waals surface area contributed by atoms with E-state index >= 15 is 0 Å². The van der Waals surface area contributed by atoms with Gasteiger partial charge >= 0.3 is 0 Å². The molecule has 0 aliphatic carbocycles. The summed E-state index contributed by atoms with van der Waals surface area (Å²) in [6.07, 6.45) is 0. The molecule has 4 nitrogen and oxygen atoms in total. The summed E-state index contributed by atoms with van der Waals surface area (Å²) in [6.45, 7) is 6.62. The highest BCUT2D eigenvalue weighted by atomic mass is 32.1. The van der Waals surface area contributed by atoms with Crippen LogP contribution in [0.3, 0.4) is 0 Å². The van der Waals surface area contributed by atoms with Crippen LogP contribution >= 0.6 is 11.3 Å². The maximum absolute atomic E-state index is 5.04. The quantitative estimate of drug-likeness (QED) is 0.797. The zero-order chi connectivity index (χ0) is 15.2. The van der Waals surface area contributed by atoms with Gasteiger partial charge in [-0.1, -0.05) is 29.5 Å². The molecule has 0 spiro atoms. The lowest BCUT2D eigenvalue weighted by molar-refractivity contribution is 0.199. The molecule has 0 bridgehead atoms. The van der Waals surface area contributed by atoms with E-state index in [2.05, 4.69) is 55.4 Å². The van der Waals surface area contributed by atoms with Crippen LogP contribution in [-0.4, -0.2) is 32.3 Å². The average molecular weight is 305 g/mol. The molecule has 0 atom stereocenters. The molecule has 114 valence electrons. The molecule has 0 aliphatic heterocycles. The van der Waals surface area contributed by atoms with Gasteiger partial charge in [-0.25, -0.2) is 4.98 Å². The maximum atomic E-state index is 5.04. The van der Waals surface area contributed by atoms with Crippen LogP contribution < -0.4 is 10.2 Å². The summed E-state index contributed by atoms with van der Waals surface area (Å²) < 4.78 is 5.04. The molecule has 1 heterocycles. The number of para-hydroxylation sites is 1. The van der Waals surface area contributed by atoms with Crippen molar-refractivity contribution in [2.24, 2.45) is 0 Å². The van der Waals surface area contributed by atoms with E-state index in [0.717, 1.165) is 30.5 Å². The number of benzene rings is 1. The lowest BCUT2D eigenvalue weighted by Gasteiger charge is -2.18. The first-order chi connectivity index (χ1) is 10.1. The summed E-state index contributed by atoms with van der Waals surface area (Å²) in [7, 11) is 3.79. The third-order valence-corrected chi connectivity index (χ3v) is 4.65. The number of anilines is 2. The number of nitrogens with zero attached hydrogens (tertiary/aromatic N) is 2. The van der Waals surface area contributed by atoms with E-state index in [4.69, 9.17) is 9.72 Å². The second-order valence-corrected chi connectivity index (χ2v) is 6.08. The summed E-state index contributed by atoms with van der Waals surface area (Å²) in [5.74, 6) is 0. The number of thiazole rings is 1. The molecular weight excluding hydrogens is 282 g/mol. The molecule has 2 aromatic rings. The molecule has 0 amide bonds. The standard InChI is InChI=1S/C16H23N3OS/c1-12-7-5-6-8-14(12)19(3)16-18-13(2)15(21-16)11-17-9-10-20-4/h5-8,17H,9-11H2,1-4H3. The van der Waals surface area contributed by atoms with Crippen molar-refractivity contribution in [2.45, 2.75) is 20.4 Å². The number of aromatic nitrogens is 1. The Morgan fingerprint density at radius 2 is 2.05 bits per heavy atom. The normalized spacial score (nSPS) is 10.9. The second-order valence-electron chi connectivity index (χ2n) is 5.02. The van der Waals surface area contributed by atoms with Crippen molar-refractivity contribution >= 4 is 22.2 Å². The third-order valence-electron chi connectivity index (χ3n) is 3.41. The zero-order valence-electron chi connectivity index (χ0n) is 13.1. The van der Waals surface area contributed by atoms with Gasteiger partial charge in [0.25, 0.3) is 0 Å².